The van der Waals surface area contributed by atoms with E-state index in [1.165, 1.54) is 10.7 Å². The molecule has 5 nitrogen and oxygen atoms in total. The van der Waals surface area contributed by atoms with Crippen LogP contribution in [0.1, 0.15) is 5.69 Å². The molecule has 12 heavy (non-hydrogen) atoms. The molecule has 0 saturated heterocycles. The highest BCUT2D eigenvalue weighted by molar-refractivity contribution is 7.91. The summed E-state index contributed by atoms with van der Waals surface area (Å²) in [4.78, 5) is 0. The fraction of sp³-hybridized carbons (Fsp3) is 0.333. The van der Waals surface area contributed by atoms with E-state index in [1.807, 2.05) is 0 Å². The minimum Gasteiger partial charge on any atom is -0.252 e. The van der Waals surface area contributed by atoms with Crippen molar-refractivity contribution in [2.45, 2.75) is 11.6 Å². The van der Waals surface area contributed by atoms with Gasteiger partial charge in [-0.3, -0.25) is 4.68 Å². The lowest BCUT2D eigenvalue weighted by atomic mass is 10.5. The van der Waals surface area contributed by atoms with Crippen LogP contribution in [0.4, 0.5) is 0 Å². The van der Waals surface area contributed by atoms with Crippen molar-refractivity contribution >= 4 is 9.84 Å². The number of fused-ring (bicyclic) bond motifs is 1. The van der Waals surface area contributed by atoms with E-state index >= 15 is 0 Å². The summed E-state index contributed by atoms with van der Waals surface area (Å²) >= 11 is 0. The normalized spacial score (nSPS) is 18.6. The lowest BCUT2D eigenvalue weighted by molar-refractivity contribution is 0.596. The smallest absolute Gasteiger partial charge is 0.197 e. The SMILES string of the molecule is N#Cc1cc2n(n1)CCS2(=O)=O. The first-order valence-electron chi connectivity index (χ1n) is 3.34. The van der Waals surface area contributed by atoms with Gasteiger partial charge in [-0.25, -0.2) is 8.42 Å². The third kappa shape index (κ3) is 0.833. The van der Waals surface area contributed by atoms with Gasteiger partial charge in [-0.1, -0.05) is 0 Å². The van der Waals surface area contributed by atoms with Gasteiger partial charge < -0.3 is 0 Å². The van der Waals surface area contributed by atoms with Crippen LogP contribution in [0.5, 0.6) is 0 Å². The molecule has 0 amide bonds. The number of aryl methyl sites for hydroxylation is 1. The second-order valence-corrected chi connectivity index (χ2v) is 4.58. The van der Waals surface area contributed by atoms with Crippen molar-refractivity contribution in [3.63, 3.8) is 0 Å². The molecule has 0 N–H and O–H groups in total. The maximum atomic E-state index is 11.2. The molecular formula is C6H5N3O2S. The molecule has 1 aromatic heterocycles. The van der Waals surface area contributed by atoms with E-state index in [2.05, 4.69) is 5.10 Å². The second kappa shape index (κ2) is 2.08. The van der Waals surface area contributed by atoms with Crippen molar-refractivity contribution in [3.05, 3.63) is 11.8 Å². The summed E-state index contributed by atoms with van der Waals surface area (Å²) in [6.07, 6.45) is 0. The van der Waals surface area contributed by atoms with Crippen molar-refractivity contribution < 1.29 is 8.42 Å². The Morgan fingerprint density at radius 3 is 3.00 bits per heavy atom. The molecule has 0 aliphatic carbocycles. The summed E-state index contributed by atoms with van der Waals surface area (Å²) in [6, 6.07) is 3.11. The van der Waals surface area contributed by atoms with Crippen LogP contribution in [0.2, 0.25) is 0 Å². The molecule has 0 saturated carbocycles. The van der Waals surface area contributed by atoms with Gasteiger partial charge in [0.1, 0.15) is 6.07 Å². The summed E-state index contributed by atoms with van der Waals surface area (Å²) in [7, 11) is -3.15. The van der Waals surface area contributed by atoms with Crippen molar-refractivity contribution in [1.29, 1.82) is 5.26 Å². The van der Waals surface area contributed by atoms with Crippen molar-refractivity contribution in [3.8, 4) is 6.07 Å². The van der Waals surface area contributed by atoms with E-state index in [4.69, 9.17) is 5.26 Å². The molecule has 0 unspecified atom stereocenters. The number of hydrogen-bond acceptors (Lipinski definition) is 4. The van der Waals surface area contributed by atoms with Crippen molar-refractivity contribution in [2.24, 2.45) is 0 Å². The Hall–Kier alpha value is -1.35. The zero-order valence-electron chi connectivity index (χ0n) is 6.06. The molecule has 1 aliphatic rings. The number of sulfone groups is 1. The predicted molar refractivity (Wildman–Crippen MR) is 39.0 cm³/mol. The number of rotatable bonds is 0. The van der Waals surface area contributed by atoms with Gasteiger partial charge in [0.15, 0.2) is 20.6 Å². The predicted octanol–water partition coefficient (Wildman–Crippen LogP) is -0.458. The monoisotopic (exact) mass is 183 g/mol. The highest BCUT2D eigenvalue weighted by Gasteiger charge is 2.28. The van der Waals surface area contributed by atoms with Crippen LogP contribution < -0.4 is 0 Å². The topological polar surface area (TPSA) is 75.8 Å². The van der Waals surface area contributed by atoms with Gasteiger partial charge in [-0.2, -0.15) is 10.4 Å². The molecule has 0 radical (unpaired) electrons. The average Bonchev–Trinajstić information content (AvgIpc) is 2.53. The van der Waals surface area contributed by atoms with Crippen LogP contribution in [0.3, 0.4) is 0 Å². The van der Waals surface area contributed by atoms with E-state index in [0.29, 0.717) is 6.54 Å². The Balaban J connectivity index is 2.69. The summed E-state index contributed by atoms with van der Waals surface area (Å²) in [5.74, 6) is 0.0983. The van der Waals surface area contributed by atoms with Crippen LogP contribution in [0, 0.1) is 11.3 Å². The summed E-state index contributed by atoms with van der Waals surface area (Å²) in [6.45, 7) is 0.360. The minimum atomic E-state index is -3.15. The van der Waals surface area contributed by atoms with Gasteiger partial charge in [0, 0.05) is 6.07 Å². The average molecular weight is 183 g/mol. The van der Waals surface area contributed by atoms with E-state index < -0.39 is 9.84 Å². The fourth-order valence-corrected chi connectivity index (χ4v) is 2.54. The van der Waals surface area contributed by atoms with Gasteiger partial charge in [-0.05, 0) is 0 Å². The minimum absolute atomic E-state index is 0.0983. The first-order valence-corrected chi connectivity index (χ1v) is 4.99. The Morgan fingerprint density at radius 2 is 2.42 bits per heavy atom. The molecule has 6 heteroatoms. The highest BCUT2D eigenvalue weighted by Crippen LogP contribution is 2.19. The lowest BCUT2D eigenvalue weighted by Gasteiger charge is -1.86. The van der Waals surface area contributed by atoms with Crippen LogP contribution in [0.15, 0.2) is 11.1 Å². The zero-order chi connectivity index (χ0) is 8.77. The highest BCUT2D eigenvalue weighted by atomic mass is 32.2. The van der Waals surface area contributed by atoms with Crippen LogP contribution >= 0.6 is 0 Å². The number of nitrogens with zero attached hydrogens (tertiary/aromatic N) is 3. The third-order valence-corrected chi connectivity index (χ3v) is 3.43. The molecule has 0 atom stereocenters. The van der Waals surface area contributed by atoms with E-state index in [9.17, 15) is 8.42 Å². The van der Waals surface area contributed by atoms with Crippen LogP contribution in [0.25, 0.3) is 0 Å². The number of hydrogen-bond donors (Lipinski definition) is 0. The van der Waals surface area contributed by atoms with Gasteiger partial charge in [-0.15, -0.1) is 0 Å². The van der Waals surface area contributed by atoms with Gasteiger partial charge in [0.2, 0.25) is 0 Å². The third-order valence-electron chi connectivity index (χ3n) is 1.75. The van der Waals surface area contributed by atoms with Gasteiger partial charge in [0.25, 0.3) is 0 Å². The summed E-state index contributed by atoms with van der Waals surface area (Å²) in [5, 5.41) is 12.4. The van der Waals surface area contributed by atoms with E-state index in [-0.39, 0.29) is 16.5 Å². The van der Waals surface area contributed by atoms with Crippen LogP contribution in [-0.2, 0) is 16.4 Å². The molecule has 0 aromatic carbocycles. The molecule has 0 spiro atoms. The molecule has 62 valence electrons. The van der Waals surface area contributed by atoms with Crippen LogP contribution in [-0.4, -0.2) is 24.0 Å². The lowest BCUT2D eigenvalue weighted by Crippen LogP contribution is -1.98. The molecule has 1 aromatic rings. The standard InChI is InChI=1S/C6H5N3O2S/c7-4-5-3-6-9(8-5)1-2-12(6,10)11/h3H,1-2H2. The fourth-order valence-electron chi connectivity index (χ4n) is 1.18. The number of nitriles is 1. The first kappa shape index (κ1) is 7.31. The maximum Gasteiger partial charge on any atom is 0.197 e. The van der Waals surface area contributed by atoms with Crippen molar-refractivity contribution in [1.82, 2.24) is 9.78 Å². The quantitative estimate of drug-likeness (QED) is 0.545. The molecular weight excluding hydrogens is 178 g/mol. The molecule has 2 heterocycles. The molecule has 0 bridgehead atoms. The molecule has 0 fully saturated rings. The van der Waals surface area contributed by atoms with Crippen molar-refractivity contribution in [2.75, 3.05) is 5.75 Å². The van der Waals surface area contributed by atoms with E-state index in [1.54, 1.807) is 6.07 Å². The Kier molecular flexibility index (Phi) is 1.26. The second-order valence-electron chi connectivity index (χ2n) is 2.52. The zero-order valence-corrected chi connectivity index (χ0v) is 6.87. The maximum absolute atomic E-state index is 11.2. The Labute approximate surface area is 69.1 Å². The Morgan fingerprint density at radius 1 is 1.67 bits per heavy atom. The Bertz CT molecular complexity index is 465. The van der Waals surface area contributed by atoms with Gasteiger partial charge in [0.05, 0.1) is 12.3 Å². The van der Waals surface area contributed by atoms with E-state index in [0.717, 1.165) is 0 Å². The molecule has 1 aliphatic heterocycles. The molecule has 2 rings (SSSR count). The largest absolute Gasteiger partial charge is 0.252 e. The number of aromatic nitrogens is 2. The summed E-state index contributed by atoms with van der Waals surface area (Å²) < 4.78 is 23.8. The summed E-state index contributed by atoms with van der Waals surface area (Å²) in [5.41, 5.74) is 0.160. The van der Waals surface area contributed by atoms with Gasteiger partial charge >= 0.3 is 0 Å². The first-order chi connectivity index (χ1) is 5.63.